The highest BCUT2D eigenvalue weighted by molar-refractivity contribution is 5.94. The topological polar surface area (TPSA) is 89.2 Å². The fourth-order valence-corrected chi connectivity index (χ4v) is 4.37. The van der Waals surface area contributed by atoms with Crippen molar-refractivity contribution in [1.82, 2.24) is 15.2 Å². The Morgan fingerprint density at radius 1 is 1.18 bits per heavy atom. The van der Waals surface area contributed by atoms with E-state index >= 15 is 0 Å². The van der Waals surface area contributed by atoms with Crippen molar-refractivity contribution in [3.8, 4) is 0 Å². The summed E-state index contributed by atoms with van der Waals surface area (Å²) in [5.41, 5.74) is 4.12. The highest BCUT2D eigenvalue weighted by atomic mass is 19.4. The van der Waals surface area contributed by atoms with Gasteiger partial charge in [-0.05, 0) is 31.5 Å². The van der Waals surface area contributed by atoms with E-state index < -0.39 is 35.1 Å². The van der Waals surface area contributed by atoms with Gasteiger partial charge in [0.1, 0.15) is 23.6 Å². The average Bonchev–Trinajstić information content (AvgIpc) is 3.40. The first kappa shape index (κ1) is 21.7. The molecular formula is C21H19F5N6O. The number of anilines is 2. The predicted octanol–water partition coefficient (Wildman–Crippen LogP) is 3.68. The van der Waals surface area contributed by atoms with Crippen LogP contribution in [0.2, 0.25) is 0 Å². The fourth-order valence-electron chi connectivity index (χ4n) is 4.37. The fraction of sp³-hybridized carbons (Fsp3) is 0.381. The number of nitrogens with two attached hydrogens (primary N) is 1. The summed E-state index contributed by atoms with van der Waals surface area (Å²) >= 11 is 0. The standard InChI is InChI=1S/C21H19F5N6O/c1-9-15-6-28-17(32-7-12-4-11(32)8-33-12)5-13(15)20(31-30-9)29-19(27)14-2-10(22)3-16(18(14)23)21(24,25)26/h2-3,5-6,11-12,19H,4,7-8,27H2,1H3,(H,29,31)/t11-,12-,19+/m1/s1. The second kappa shape index (κ2) is 7.73. The van der Waals surface area contributed by atoms with Crippen LogP contribution in [0.5, 0.6) is 0 Å². The first-order chi connectivity index (χ1) is 15.6. The molecule has 7 nitrogen and oxygen atoms in total. The summed E-state index contributed by atoms with van der Waals surface area (Å²) in [6.45, 7) is 3.03. The summed E-state index contributed by atoms with van der Waals surface area (Å²) in [5.74, 6) is -2.11. The van der Waals surface area contributed by atoms with Gasteiger partial charge in [0.05, 0.1) is 30.0 Å². The van der Waals surface area contributed by atoms with Crippen LogP contribution in [0.15, 0.2) is 24.4 Å². The number of pyridine rings is 1. The van der Waals surface area contributed by atoms with E-state index in [0.717, 1.165) is 6.42 Å². The van der Waals surface area contributed by atoms with Crippen LogP contribution in [0.25, 0.3) is 10.8 Å². The van der Waals surface area contributed by atoms with E-state index in [0.29, 0.717) is 41.5 Å². The Labute approximate surface area is 184 Å². The zero-order chi connectivity index (χ0) is 23.5. The number of aryl methyl sites for hydroxylation is 1. The van der Waals surface area contributed by atoms with Crippen molar-refractivity contribution in [3.05, 3.63) is 52.9 Å². The number of morpholine rings is 1. The van der Waals surface area contributed by atoms with Gasteiger partial charge >= 0.3 is 6.18 Å². The van der Waals surface area contributed by atoms with Crippen molar-refractivity contribution in [1.29, 1.82) is 0 Å². The summed E-state index contributed by atoms with van der Waals surface area (Å²) in [6, 6.07) is 2.70. The van der Waals surface area contributed by atoms with Crippen LogP contribution < -0.4 is 16.0 Å². The molecule has 3 N–H and O–H groups in total. The number of hydrogen-bond acceptors (Lipinski definition) is 7. The second-order valence-electron chi connectivity index (χ2n) is 8.20. The lowest BCUT2D eigenvalue weighted by Gasteiger charge is -2.28. The van der Waals surface area contributed by atoms with Gasteiger partial charge in [-0.2, -0.15) is 18.3 Å². The third-order valence-electron chi connectivity index (χ3n) is 6.03. The van der Waals surface area contributed by atoms with Crippen molar-refractivity contribution < 1.29 is 26.7 Å². The van der Waals surface area contributed by atoms with E-state index in [1.165, 1.54) is 0 Å². The highest BCUT2D eigenvalue weighted by Gasteiger charge is 2.40. The molecule has 0 amide bonds. The molecule has 2 aliphatic heterocycles. The minimum absolute atomic E-state index is 0.0953. The molecule has 0 saturated carbocycles. The van der Waals surface area contributed by atoms with Gasteiger partial charge in [-0.3, -0.25) is 0 Å². The van der Waals surface area contributed by atoms with Crippen LogP contribution in [-0.2, 0) is 10.9 Å². The van der Waals surface area contributed by atoms with Gasteiger partial charge in [0.25, 0.3) is 0 Å². The quantitative estimate of drug-likeness (QED) is 0.448. The number of nitrogens with zero attached hydrogens (tertiary/aromatic N) is 4. The number of alkyl halides is 3. The molecule has 2 saturated heterocycles. The van der Waals surface area contributed by atoms with Gasteiger partial charge in [0.2, 0.25) is 0 Å². The summed E-state index contributed by atoms with van der Waals surface area (Å²) in [5, 5.41) is 12.0. The summed E-state index contributed by atoms with van der Waals surface area (Å²) in [4.78, 5) is 6.64. The van der Waals surface area contributed by atoms with Crippen LogP contribution >= 0.6 is 0 Å². The molecule has 0 radical (unpaired) electrons. The molecule has 3 atom stereocenters. The molecule has 4 heterocycles. The average molecular weight is 466 g/mol. The number of rotatable bonds is 4. The molecule has 1 aromatic carbocycles. The van der Waals surface area contributed by atoms with Gasteiger partial charge in [0.15, 0.2) is 5.82 Å². The SMILES string of the molecule is Cc1nnc(N[C@H](N)c2cc(F)cc(C(F)(F)F)c2F)c2cc(N3C[C@H]4C[C@@H]3CO4)ncc12. The van der Waals surface area contributed by atoms with Crippen LogP contribution in [0.3, 0.4) is 0 Å². The normalized spacial score (nSPS) is 21.1. The van der Waals surface area contributed by atoms with Crippen molar-refractivity contribution in [2.24, 2.45) is 5.73 Å². The Morgan fingerprint density at radius 2 is 1.97 bits per heavy atom. The first-order valence-corrected chi connectivity index (χ1v) is 10.2. The summed E-state index contributed by atoms with van der Waals surface area (Å²) < 4.78 is 73.3. The van der Waals surface area contributed by atoms with Crippen LogP contribution in [0.1, 0.15) is 29.4 Å². The number of hydrogen-bond donors (Lipinski definition) is 2. The number of nitrogens with one attached hydrogen (secondary N) is 1. The van der Waals surface area contributed by atoms with E-state index in [4.69, 9.17) is 10.5 Å². The Balaban J connectivity index is 1.52. The second-order valence-corrected chi connectivity index (χ2v) is 8.20. The van der Waals surface area contributed by atoms with Crippen LogP contribution in [-0.4, -0.2) is 40.5 Å². The van der Waals surface area contributed by atoms with E-state index in [9.17, 15) is 22.0 Å². The summed E-state index contributed by atoms with van der Waals surface area (Å²) in [6.07, 6.45) is -3.91. The number of fused-ring (bicyclic) bond motifs is 3. The Bertz CT molecular complexity index is 1240. The Hall–Kier alpha value is -3.12. The lowest BCUT2D eigenvalue weighted by atomic mass is 10.1. The Morgan fingerprint density at radius 3 is 2.64 bits per heavy atom. The van der Waals surface area contributed by atoms with Gasteiger partial charge in [-0.15, -0.1) is 5.10 Å². The van der Waals surface area contributed by atoms with E-state index in [-0.39, 0.29) is 24.0 Å². The first-order valence-electron chi connectivity index (χ1n) is 10.2. The Kier molecular flexibility index (Phi) is 5.09. The van der Waals surface area contributed by atoms with Gasteiger partial charge < -0.3 is 20.7 Å². The zero-order valence-corrected chi connectivity index (χ0v) is 17.3. The minimum Gasteiger partial charge on any atom is -0.374 e. The third-order valence-corrected chi connectivity index (χ3v) is 6.03. The molecule has 5 rings (SSSR count). The van der Waals surface area contributed by atoms with Gasteiger partial charge in [-0.1, -0.05) is 0 Å². The molecule has 3 aromatic rings. The van der Waals surface area contributed by atoms with E-state index in [2.05, 4.69) is 25.4 Å². The molecule has 12 heteroatoms. The van der Waals surface area contributed by atoms with Crippen molar-refractivity contribution in [2.75, 3.05) is 23.4 Å². The van der Waals surface area contributed by atoms with Crippen LogP contribution in [0.4, 0.5) is 33.6 Å². The smallest absolute Gasteiger partial charge is 0.374 e. The van der Waals surface area contributed by atoms with Crippen molar-refractivity contribution in [3.63, 3.8) is 0 Å². The molecule has 33 heavy (non-hydrogen) atoms. The van der Waals surface area contributed by atoms with E-state index in [1.807, 2.05) is 0 Å². The molecule has 2 aromatic heterocycles. The summed E-state index contributed by atoms with van der Waals surface area (Å²) in [7, 11) is 0. The predicted molar refractivity (Wildman–Crippen MR) is 109 cm³/mol. The number of ether oxygens (including phenoxy) is 1. The molecule has 0 unspecified atom stereocenters. The molecular weight excluding hydrogens is 447 g/mol. The monoisotopic (exact) mass is 466 g/mol. The lowest BCUT2D eigenvalue weighted by molar-refractivity contribution is -0.140. The molecule has 0 aliphatic carbocycles. The minimum atomic E-state index is -5.07. The number of benzene rings is 1. The van der Waals surface area contributed by atoms with E-state index in [1.54, 1.807) is 19.2 Å². The maximum atomic E-state index is 14.6. The van der Waals surface area contributed by atoms with Crippen molar-refractivity contribution in [2.45, 2.75) is 37.8 Å². The largest absolute Gasteiger partial charge is 0.419 e. The molecule has 2 aliphatic rings. The van der Waals surface area contributed by atoms with Gasteiger partial charge in [-0.25, -0.2) is 13.8 Å². The van der Waals surface area contributed by atoms with Crippen molar-refractivity contribution >= 4 is 22.4 Å². The maximum absolute atomic E-state index is 14.6. The zero-order valence-electron chi connectivity index (χ0n) is 17.3. The van der Waals surface area contributed by atoms with Crippen LogP contribution in [0, 0.1) is 18.6 Å². The van der Waals surface area contributed by atoms with Gasteiger partial charge in [0, 0.05) is 29.1 Å². The molecule has 2 bridgehead atoms. The highest BCUT2D eigenvalue weighted by Crippen LogP contribution is 2.36. The number of halogens is 5. The number of aromatic nitrogens is 3. The molecule has 2 fully saturated rings. The third kappa shape index (κ3) is 3.82. The lowest BCUT2D eigenvalue weighted by Crippen LogP contribution is -2.37. The molecule has 174 valence electrons. The molecule has 0 spiro atoms. The maximum Gasteiger partial charge on any atom is 0.419 e.